The second kappa shape index (κ2) is 13.7. The molecule has 0 aliphatic heterocycles. The van der Waals surface area contributed by atoms with Crippen molar-refractivity contribution in [1.29, 1.82) is 0 Å². The minimum Gasteiger partial charge on any atom is -0.370 e. The zero-order chi connectivity index (χ0) is 14.5. The molecule has 5 nitrogen and oxygen atoms in total. The quantitative estimate of drug-likeness (QED) is 0.195. The number of nitrogens with one attached hydrogen (secondary N) is 3. The zero-order valence-electron chi connectivity index (χ0n) is 12.6. The smallest absolute Gasteiger partial charge is 0.191 e. The monoisotopic (exact) mass is 403 g/mol. The lowest BCUT2D eigenvalue weighted by Gasteiger charge is -2.09. The van der Waals surface area contributed by atoms with Crippen LogP contribution in [0.1, 0.15) is 19.8 Å². The lowest BCUT2D eigenvalue weighted by molar-refractivity contribution is 0.759. The van der Waals surface area contributed by atoms with Crippen LogP contribution in [0, 0.1) is 0 Å². The molecule has 0 saturated heterocycles. The third kappa shape index (κ3) is 10.1. The molecule has 0 spiro atoms. The molecule has 0 aromatic carbocycles. The van der Waals surface area contributed by atoms with Crippen LogP contribution in [0.25, 0.3) is 0 Å². The first kappa shape index (κ1) is 19.7. The summed E-state index contributed by atoms with van der Waals surface area (Å²) in [6, 6.07) is 5.87. The van der Waals surface area contributed by atoms with Crippen LogP contribution in [0.15, 0.2) is 42.0 Å². The fraction of sp³-hybridized carbons (Fsp3) is 0.467. The molecule has 118 valence electrons. The first-order chi connectivity index (χ1) is 9.86. The van der Waals surface area contributed by atoms with E-state index in [1.807, 2.05) is 24.3 Å². The van der Waals surface area contributed by atoms with Crippen molar-refractivity contribution < 1.29 is 0 Å². The Morgan fingerprint density at radius 1 is 1.33 bits per heavy atom. The highest BCUT2D eigenvalue weighted by molar-refractivity contribution is 14.0. The van der Waals surface area contributed by atoms with Gasteiger partial charge in [0, 0.05) is 32.4 Å². The van der Waals surface area contributed by atoms with Crippen LogP contribution in [-0.4, -0.2) is 37.1 Å². The Morgan fingerprint density at radius 2 is 2.19 bits per heavy atom. The largest absolute Gasteiger partial charge is 0.370 e. The summed E-state index contributed by atoms with van der Waals surface area (Å²) in [6.07, 6.45) is 5.73. The van der Waals surface area contributed by atoms with Gasteiger partial charge in [-0.05, 0) is 31.9 Å². The third-order valence-electron chi connectivity index (χ3n) is 2.58. The van der Waals surface area contributed by atoms with Gasteiger partial charge >= 0.3 is 0 Å². The lowest BCUT2D eigenvalue weighted by atomic mass is 10.3. The van der Waals surface area contributed by atoms with Crippen molar-refractivity contribution in [3.8, 4) is 0 Å². The van der Waals surface area contributed by atoms with E-state index in [0.29, 0.717) is 0 Å². The number of aliphatic imine (C=N–C) groups is 1. The van der Waals surface area contributed by atoms with E-state index in [0.717, 1.165) is 50.8 Å². The second-order valence-corrected chi connectivity index (χ2v) is 4.28. The van der Waals surface area contributed by atoms with Crippen LogP contribution in [0.2, 0.25) is 0 Å². The standard InChI is InChI=1S/C15H25N5.HI/c1-3-10-19-15(16-4-2)20-13-8-7-12-18-14-9-5-6-11-17-14;/h3,5-6,9,11H,1,4,7-8,10,12-13H2,2H3,(H,17,18)(H2,16,19,20);1H. The Hall–Kier alpha value is -1.31. The summed E-state index contributed by atoms with van der Waals surface area (Å²) < 4.78 is 0. The molecule has 0 saturated carbocycles. The molecule has 0 amide bonds. The van der Waals surface area contributed by atoms with Crippen LogP contribution >= 0.6 is 24.0 Å². The zero-order valence-corrected chi connectivity index (χ0v) is 15.0. The Morgan fingerprint density at radius 3 is 2.86 bits per heavy atom. The molecule has 0 aliphatic carbocycles. The highest BCUT2D eigenvalue weighted by Gasteiger charge is 1.95. The number of pyridine rings is 1. The van der Waals surface area contributed by atoms with Gasteiger partial charge in [-0.3, -0.25) is 4.99 Å². The first-order valence-electron chi connectivity index (χ1n) is 7.14. The number of guanidine groups is 1. The van der Waals surface area contributed by atoms with E-state index < -0.39 is 0 Å². The number of rotatable bonds is 9. The Labute approximate surface area is 144 Å². The van der Waals surface area contributed by atoms with Crippen molar-refractivity contribution in [1.82, 2.24) is 15.6 Å². The van der Waals surface area contributed by atoms with E-state index in [1.54, 1.807) is 6.20 Å². The molecule has 6 heteroatoms. The molecule has 0 aliphatic rings. The normalized spacial score (nSPS) is 10.4. The van der Waals surface area contributed by atoms with Gasteiger partial charge in [-0.25, -0.2) is 4.98 Å². The number of hydrogen-bond acceptors (Lipinski definition) is 3. The van der Waals surface area contributed by atoms with Crippen molar-refractivity contribution >= 4 is 35.8 Å². The van der Waals surface area contributed by atoms with Gasteiger partial charge in [0.05, 0.1) is 0 Å². The van der Waals surface area contributed by atoms with E-state index in [1.165, 1.54) is 0 Å². The van der Waals surface area contributed by atoms with Crippen LogP contribution in [0.3, 0.4) is 0 Å². The van der Waals surface area contributed by atoms with Crippen molar-refractivity contribution in [2.75, 3.05) is 31.5 Å². The summed E-state index contributed by atoms with van der Waals surface area (Å²) in [4.78, 5) is 8.71. The third-order valence-corrected chi connectivity index (χ3v) is 2.58. The van der Waals surface area contributed by atoms with Crippen molar-refractivity contribution in [2.45, 2.75) is 19.8 Å². The molecule has 21 heavy (non-hydrogen) atoms. The fourth-order valence-electron chi connectivity index (χ4n) is 1.62. The first-order valence-corrected chi connectivity index (χ1v) is 7.14. The van der Waals surface area contributed by atoms with Gasteiger partial charge in [-0.15, -0.1) is 30.6 Å². The molecule has 1 rings (SSSR count). The maximum atomic E-state index is 4.50. The maximum Gasteiger partial charge on any atom is 0.191 e. The maximum absolute atomic E-state index is 4.50. The summed E-state index contributed by atoms with van der Waals surface area (Å²) in [5.74, 6) is 1.78. The summed E-state index contributed by atoms with van der Waals surface area (Å²) >= 11 is 0. The van der Waals surface area contributed by atoms with Gasteiger partial charge in [0.25, 0.3) is 0 Å². The second-order valence-electron chi connectivity index (χ2n) is 4.28. The van der Waals surface area contributed by atoms with Gasteiger partial charge in [0.2, 0.25) is 0 Å². The molecule has 1 aromatic heterocycles. The van der Waals surface area contributed by atoms with Crippen LogP contribution in [0.4, 0.5) is 5.82 Å². The van der Waals surface area contributed by atoms with Gasteiger partial charge in [-0.2, -0.15) is 0 Å². The summed E-state index contributed by atoms with van der Waals surface area (Å²) in [5.41, 5.74) is 0. The molecule has 1 aromatic rings. The number of unbranched alkanes of at least 4 members (excludes halogenated alkanes) is 1. The fourth-order valence-corrected chi connectivity index (χ4v) is 1.62. The topological polar surface area (TPSA) is 61.3 Å². The predicted molar refractivity (Wildman–Crippen MR) is 102 cm³/mol. The molecule has 0 unspecified atom stereocenters. The molecule has 3 N–H and O–H groups in total. The number of aromatic nitrogens is 1. The minimum absolute atomic E-state index is 0. The number of anilines is 1. The lowest BCUT2D eigenvalue weighted by Crippen LogP contribution is -2.37. The Balaban J connectivity index is 0.00000400. The minimum atomic E-state index is 0. The van der Waals surface area contributed by atoms with Crippen LogP contribution in [-0.2, 0) is 0 Å². The molecule has 0 fully saturated rings. The molecule has 0 atom stereocenters. The van der Waals surface area contributed by atoms with Crippen molar-refractivity contribution in [3.05, 3.63) is 37.1 Å². The molecular weight excluding hydrogens is 377 g/mol. The van der Waals surface area contributed by atoms with Gasteiger partial charge in [0.1, 0.15) is 5.82 Å². The van der Waals surface area contributed by atoms with E-state index in [-0.39, 0.29) is 24.0 Å². The van der Waals surface area contributed by atoms with Crippen LogP contribution < -0.4 is 16.0 Å². The van der Waals surface area contributed by atoms with Gasteiger partial charge in [-0.1, -0.05) is 12.1 Å². The molecule has 1 heterocycles. The number of nitrogens with zero attached hydrogens (tertiary/aromatic N) is 2. The van der Waals surface area contributed by atoms with Gasteiger partial charge < -0.3 is 16.0 Å². The summed E-state index contributed by atoms with van der Waals surface area (Å²) in [7, 11) is 0. The number of halogens is 1. The van der Waals surface area contributed by atoms with E-state index >= 15 is 0 Å². The molecule has 0 radical (unpaired) electrons. The Kier molecular flexibility index (Phi) is 12.8. The number of hydrogen-bond donors (Lipinski definition) is 3. The highest BCUT2D eigenvalue weighted by Crippen LogP contribution is 2.00. The summed E-state index contributed by atoms with van der Waals surface area (Å²) in [5, 5.41) is 9.67. The average Bonchev–Trinajstić information content (AvgIpc) is 2.49. The average molecular weight is 403 g/mol. The summed E-state index contributed by atoms with van der Waals surface area (Å²) in [6.45, 7) is 9.07. The molecular formula is C15H26IN5. The van der Waals surface area contributed by atoms with Gasteiger partial charge in [0.15, 0.2) is 5.96 Å². The van der Waals surface area contributed by atoms with Crippen molar-refractivity contribution in [3.63, 3.8) is 0 Å². The highest BCUT2D eigenvalue weighted by atomic mass is 127. The van der Waals surface area contributed by atoms with E-state index in [2.05, 4.69) is 39.4 Å². The van der Waals surface area contributed by atoms with E-state index in [4.69, 9.17) is 0 Å². The molecule has 0 bridgehead atoms. The van der Waals surface area contributed by atoms with E-state index in [9.17, 15) is 0 Å². The SMILES string of the molecule is C=CCNC(=NCCCCNc1ccccn1)NCC.I. The Bertz CT molecular complexity index is 394. The predicted octanol–water partition coefficient (Wildman–Crippen LogP) is 2.63. The van der Waals surface area contributed by atoms with Crippen molar-refractivity contribution in [2.24, 2.45) is 4.99 Å². The van der Waals surface area contributed by atoms with Crippen LogP contribution in [0.5, 0.6) is 0 Å².